The van der Waals surface area contributed by atoms with E-state index in [0.29, 0.717) is 6.42 Å². The van der Waals surface area contributed by atoms with Crippen molar-refractivity contribution in [3.05, 3.63) is 51.9 Å². The van der Waals surface area contributed by atoms with E-state index in [1.807, 2.05) is 6.20 Å². The first-order chi connectivity index (χ1) is 13.1. The first-order valence-corrected chi connectivity index (χ1v) is 10.2. The van der Waals surface area contributed by atoms with Crippen LogP contribution in [0.2, 0.25) is 0 Å². The molecule has 0 spiro atoms. The van der Waals surface area contributed by atoms with Crippen LogP contribution in [0.3, 0.4) is 0 Å². The second-order valence-corrected chi connectivity index (χ2v) is 7.61. The maximum absolute atomic E-state index is 10.5. The molecule has 27 heavy (non-hydrogen) atoms. The molecular weight excluding hydrogens is 404 g/mol. The molecule has 3 aromatic rings. The summed E-state index contributed by atoms with van der Waals surface area (Å²) in [6, 6.07) is 8.38. The molecule has 0 saturated carbocycles. The number of rotatable bonds is 9. The molecule has 0 amide bonds. The number of benzene rings is 1. The quantitative estimate of drug-likeness (QED) is 0.389. The van der Waals surface area contributed by atoms with Crippen molar-refractivity contribution in [2.24, 2.45) is 0 Å². The van der Waals surface area contributed by atoms with Crippen LogP contribution >= 0.6 is 15.9 Å². The summed E-state index contributed by atoms with van der Waals surface area (Å²) in [5.74, 6) is 1.07. The smallest absolute Gasteiger partial charge is 0.160 e. The lowest BCUT2D eigenvalue weighted by molar-refractivity contribution is -0.107. The summed E-state index contributed by atoms with van der Waals surface area (Å²) in [7, 11) is 0. The summed E-state index contributed by atoms with van der Waals surface area (Å²) in [6.07, 6.45) is 6.20. The fourth-order valence-corrected chi connectivity index (χ4v) is 3.43. The van der Waals surface area contributed by atoms with Crippen LogP contribution in [0.4, 0.5) is 5.69 Å². The highest BCUT2D eigenvalue weighted by Gasteiger charge is 2.15. The van der Waals surface area contributed by atoms with Crippen molar-refractivity contribution in [2.45, 2.75) is 46.1 Å². The monoisotopic (exact) mass is 428 g/mol. The third-order valence-corrected chi connectivity index (χ3v) is 5.17. The largest absolute Gasteiger partial charge is 0.384 e. The SMILES string of the molecule is CCCc1nc2c(C)c(NCCCC=O)cnc2n1Cc1ccc(Br)cc1. The van der Waals surface area contributed by atoms with Crippen LogP contribution in [0.1, 0.15) is 43.1 Å². The molecule has 142 valence electrons. The summed E-state index contributed by atoms with van der Waals surface area (Å²) >= 11 is 3.49. The number of carbonyl (C=O) groups excluding carboxylic acids is 1. The van der Waals surface area contributed by atoms with Crippen molar-refractivity contribution in [1.82, 2.24) is 14.5 Å². The lowest BCUT2D eigenvalue weighted by Crippen LogP contribution is -2.07. The van der Waals surface area contributed by atoms with E-state index in [1.165, 1.54) is 5.56 Å². The van der Waals surface area contributed by atoms with Crippen LogP contribution in [0, 0.1) is 6.92 Å². The number of hydrogen-bond donors (Lipinski definition) is 1. The number of unbranched alkanes of at least 4 members (excludes halogenated alkanes) is 1. The standard InChI is InChI=1S/C21H25BrN4O/c1-3-6-19-25-20-15(2)18(23-11-4-5-12-27)13-24-21(20)26(19)14-16-7-9-17(22)10-8-16/h7-10,12-13,23H,3-6,11,14H2,1-2H3. The first kappa shape index (κ1) is 19.5. The molecule has 2 aromatic heterocycles. The Kier molecular flexibility index (Phi) is 6.61. The molecule has 3 rings (SSSR count). The molecule has 0 aliphatic carbocycles. The van der Waals surface area contributed by atoms with Crippen LogP contribution in [0.15, 0.2) is 34.9 Å². The number of hydrogen-bond acceptors (Lipinski definition) is 4. The average molecular weight is 429 g/mol. The highest BCUT2D eigenvalue weighted by molar-refractivity contribution is 9.10. The number of aryl methyl sites for hydroxylation is 2. The fourth-order valence-electron chi connectivity index (χ4n) is 3.16. The molecule has 0 aliphatic heterocycles. The molecular formula is C21H25BrN4O. The summed E-state index contributed by atoms with van der Waals surface area (Å²) in [6.45, 7) is 5.77. The van der Waals surface area contributed by atoms with Gasteiger partial charge in [-0.05, 0) is 37.5 Å². The van der Waals surface area contributed by atoms with Gasteiger partial charge in [0.15, 0.2) is 5.65 Å². The Morgan fingerprint density at radius 3 is 2.74 bits per heavy atom. The van der Waals surface area contributed by atoms with Gasteiger partial charge in [-0.3, -0.25) is 0 Å². The third kappa shape index (κ3) is 4.56. The summed E-state index contributed by atoms with van der Waals surface area (Å²) < 4.78 is 3.31. The molecule has 0 saturated heterocycles. The summed E-state index contributed by atoms with van der Waals surface area (Å²) in [5, 5.41) is 3.38. The van der Waals surface area contributed by atoms with E-state index >= 15 is 0 Å². The van der Waals surface area contributed by atoms with Crippen LogP contribution in [0.5, 0.6) is 0 Å². The molecule has 0 radical (unpaired) electrons. The van der Waals surface area contributed by atoms with Gasteiger partial charge in [-0.25, -0.2) is 9.97 Å². The van der Waals surface area contributed by atoms with Gasteiger partial charge in [0.1, 0.15) is 17.6 Å². The second kappa shape index (κ2) is 9.13. The number of fused-ring (bicyclic) bond motifs is 1. The van der Waals surface area contributed by atoms with E-state index in [1.54, 1.807) is 0 Å². The third-order valence-electron chi connectivity index (χ3n) is 4.64. The Labute approximate surface area is 168 Å². The normalized spacial score (nSPS) is 11.1. The Hall–Kier alpha value is -2.21. The molecule has 5 nitrogen and oxygen atoms in total. The number of aldehydes is 1. The molecule has 2 heterocycles. The van der Waals surface area contributed by atoms with Gasteiger partial charge in [0.2, 0.25) is 0 Å². The molecule has 6 heteroatoms. The minimum Gasteiger partial charge on any atom is -0.384 e. The Morgan fingerprint density at radius 2 is 2.04 bits per heavy atom. The minimum absolute atomic E-state index is 0.574. The molecule has 0 bridgehead atoms. The lowest BCUT2D eigenvalue weighted by Gasteiger charge is -2.11. The average Bonchev–Trinajstić information content (AvgIpc) is 3.01. The molecule has 1 aromatic carbocycles. The molecule has 1 N–H and O–H groups in total. The zero-order valence-corrected chi connectivity index (χ0v) is 17.4. The van der Waals surface area contributed by atoms with Crippen molar-refractivity contribution in [2.75, 3.05) is 11.9 Å². The van der Waals surface area contributed by atoms with E-state index in [9.17, 15) is 4.79 Å². The van der Waals surface area contributed by atoms with Gasteiger partial charge in [-0.2, -0.15) is 0 Å². The maximum Gasteiger partial charge on any atom is 0.160 e. The number of carbonyl (C=O) groups is 1. The van der Waals surface area contributed by atoms with Crippen molar-refractivity contribution < 1.29 is 4.79 Å². The van der Waals surface area contributed by atoms with E-state index in [-0.39, 0.29) is 0 Å². The lowest BCUT2D eigenvalue weighted by atomic mass is 10.2. The summed E-state index contributed by atoms with van der Waals surface area (Å²) in [5.41, 5.74) is 5.21. The van der Waals surface area contributed by atoms with E-state index < -0.39 is 0 Å². The van der Waals surface area contributed by atoms with Gasteiger partial charge in [0.05, 0.1) is 18.4 Å². The van der Waals surface area contributed by atoms with Gasteiger partial charge < -0.3 is 14.7 Å². The van der Waals surface area contributed by atoms with Crippen LogP contribution < -0.4 is 5.32 Å². The summed E-state index contributed by atoms with van der Waals surface area (Å²) in [4.78, 5) is 20.1. The van der Waals surface area contributed by atoms with Crippen LogP contribution in [0.25, 0.3) is 11.2 Å². The fraction of sp³-hybridized carbons (Fsp3) is 0.381. The Bertz CT molecular complexity index is 918. The van der Waals surface area contributed by atoms with Crippen LogP contribution in [-0.4, -0.2) is 27.4 Å². The maximum atomic E-state index is 10.5. The number of nitrogens with one attached hydrogen (secondary N) is 1. The number of nitrogens with zero attached hydrogens (tertiary/aromatic N) is 3. The van der Waals surface area contributed by atoms with Gasteiger partial charge >= 0.3 is 0 Å². The minimum atomic E-state index is 0.574. The van der Waals surface area contributed by atoms with Crippen molar-refractivity contribution in [3.63, 3.8) is 0 Å². The number of imidazole rings is 1. The second-order valence-electron chi connectivity index (χ2n) is 6.70. The predicted octanol–water partition coefficient (Wildman–Crippen LogP) is 4.89. The molecule has 0 unspecified atom stereocenters. The molecule has 0 atom stereocenters. The Morgan fingerprint density at radius 1 is 1.26 bits per heavy atom. The highest BCUT2D eigenvalue weighted by atomic mass is 79.9. The Balaban J connectivity index is 1.94. The number of halogens is 1. The van der Waals surface area contributed by atoms with Gasteiger partial charge in [0.25, 0.3) is 0 Å². The first-order valence-electron chi connectivity index (χ1n) is 9.40. The van der Waals surface area contributed by atoms with Gasteiger partial charge in [-0.15, -0.1) is 0 Å². The molecule has 0 fully saturated rings. The van der Waals surface area contributed by atoms with E-state index in [4.69, 9.17) is 9.97 Å². The van der Waals surface area contributed by atoms with Crippen LogP contribution in [-0.2, 0) is 17.8 Å². The van der Waals surface area contributed by atoms with Gasteiger partial charge in [0, 0.05) is 29.4 Å². The van der Waals surface area contributed by atoms with Gasteiger partial charge in [-0.1, -0.05) is 35.0 Å². The number of aromatic nitrogens is 3. The van der Waals surface area contributed by atoms with Crippen molar-refractivity contribution in [1.29, 1.82) is 0 Å². The zero-order valence-electron chi connectivity index (χ0n) is 15.8. The predicted molar refractivity (Wildman–Crippen MR) is 113 cm³/mol. The topological polar surface area (TPSA) is 59.8 Å². The van der Waals surface area contributed by atoms with Crippen molar-refractivity contribution in [3.8, 4) is 0 Å². The molecule has 0 aliphatic rings. The van der Waals surface area contributed by atoms with Crippen molar-refractivity contribution >= 4 is 39.1 Å². The number of anilines is 1. The van der Waals surface area contributed by atoms with E-state index in [0.717, 1.165) is 71.3 Å². The number of pyridine rings is 1. The van der Waals surface area contributed by atoms with E-state index in [2.05, 4.69) is 63.9 Å². The zero-order chi connectivity index (χ0) is 19.2. The highest BCUT2D eigenvalue weighted by Crippen LogP contribution is 2.25.